The van der Waals surface area contributed by atoms with Crippen molar-refractivity contribution in [2.45, 2.75) is 37.6 Å². The summed E-state index contributed by atoms with van der Waals surface area (Å²) in [5.74, 6) is -5.04. The summed E-state index contributed by atoms with van der Waals surface area (Å²) in [6.07, 6.45) is 1.00. The molecule has 0 unspecified atom stereocenters. The van der Waals surface area contributed by atoms with Crippen LogP contribution in [-0.4, -0.2) is 24.0 Å². The van der Waals surface area contributed by atoms with Gasteiger partial charge in [-0.1, -0.05) is 0 Å². The van der Waals surface area contributed by atoms with Crippen molar-refractivity contribution in [3.05, 3.63) is 0 Å². The van der Waals surface area contributed by atoms with Crippen molar-refractivity contribution >= 4 is 5.97 Å². The second kappa shape index (κ2) is 3.21. The Morgan fingerprint density at radius 3 is 2.46 bits per heavy atom. The van der Waals surface area contributed by atoms with E-state index in [4.69, 9.17) is 5.73 Å². The number of carbonyl (C=O) groups excluding carboxylic acids is 1. The van der Waals surface area contributed by atoms with Crippen LogP contribution in [0.5, 0.6) is 0 Å². The maximum absolute atomic E-state index is 13.2. The number of alkyl halides is 2. The van der Waals surface area contributed by atoms with Crippen molar-refractivity contribution in [1.29, 1.82) is 0 Å². The molecule has 0 amide bonds. The molecule has 0 aromatic rings. The Morgan fingerprint density at radius 2 is 2.15 bits per heavy atom. The van der Waals surface area contributed by atoms with Crippen LogP contribution in [0.2, 0.25) is 0 Å². The average molecular weight is 193 g/mol. The first-order valence-corrected chi connectivity index (χ1v) is 4.28. The van der Waals surface area contributed by atoms with Crippen molar-refractivity contribution in [3.8, 4) is 0 Å². The topological polar surface area (TPSA) is 52.3 Å². The number of carbonyl (C=O) groups is 1. The smallest absolute Gasteiger partial charge is 0.379 e. The number of halogens is 2. The number of hydrogen-bond acceptors (Lipinski definition) is 3. The van der Waals surface area contributed by atoms with Gasteiger partial charge in [-0.2, -0.15) is 8.78 Å². The largest absolute Gasteiger partial charge is 0.462 e. The molecule has 0 aliphatic heterocycles. The molecule has 3 nitrogen and oxygen atoms in total. The first-order chi connectivity index (χ1) is 5.94. The molecule has 1 saturated carbocycles. The molecule has 13 heavy (non-hydrogen) atoms. The lowest BCUT2D eigenvalue weighted by Gasteiger charge is -2.42. The van der Waals surface area contributed by atoms with Crippen molar-refractivity contribution in [2.24, 2.45) is 5.73 Å². The van der Waals surface area contributed by atoms with Gasteiger partial charge in [0.1, 0.15) is 0 Å². The van der Waals surface area contributed by atoms with Gasteiger partial charge in [-0.3, -0.25) is 0 Å². The zero-order chi connectivity index (χ0) is 10.1. The summed E-state index contributed by atoms with van der Waals surface area (Å²) in [7, 11) is 0. The third-order valence-corrected chi connectivity index (χ3v) is 2.40. The summed E-state index contributed by atoms with van der Waals surface area (Å²) < 4.78 is 30.7. The molecule has 1 rings (SSSR count). The number of nitrogens with two attached hydrogens (primary N) is 1. The van der Waals surface area contributed by atoms with Crippen LogP contribution in [0, 0.1) is 0 Å². The summed E-state index contributed by atoms with van der Waals surface area (Å²) in [5, 5.41) is 0. The monoisotopic (exact) mass is 193 g/mol. The lowest BCUT2D eigenvalue weighted by atomic mass is 9.73. The van der Waals surface area contributed by atoms with Gasteiger partial charge < -0.3 is 10.5 Å². The van der Waals surface area contributed by atoms with E-state index < -0.39 is 17.4 Å². The van der Waals surface area contributed by atoms with Crippen molar-refractivity contribution in [2.75, 3.05) is 6.61 Å². The zero-order valence-corrected chi connectivity index (χ0v) is 7.48. The van der Waals surface area contributed by atoms with E-state index in [9.17, 15) is 13.6 Å². The van der Waals surface area contributed by atoms with Gasteiger partial charge >= 0.3 is 11.9 Å². The molecule has 1 aliphatic rings. The number of esters is 1. The van der Waals surface area contributed by atoms with Crippen LogP contribution in [0.4, 0.5) is 8.78 Å². The number of ether oxygens (including phenoxy) is 1. The molecule has 0 radical (unpaired) electrons. The van der Waals surface area contributed by atoms with Gasteiger partial charge in [0.05, 0.1) is 12.1 Å². The molecule has 0 atom stereocenters. The second-order valence-corrected chi connectivity index (χ2v) is 3.30. The maximum Gasteiger partial charge on any atom is 0.379 e. The van der Waals surface area contributed by atoms with Gasteiger partial charge in [0.25, 0.3) is 0 Å². The first kappa shape index (κ1) is 10.4. The normalized spacial score (nSPS) is 20.6. The van der Waals surface area contributed by atoms with Crippen LogP contribution in [-0.2, 0) is 9.53 Å². The number of hydrogen-bond donors (Lipinski definition) is 1. The Morgan fingerprint density at radius 1 is 1.62 bits per heavy atom. The van der Waals surface area contributed by atoms with Crippen LogP contribution in [0.3, 0.4) is 0 Å². The second-order valence-electron chi connectivity index (χ2n) is 3.30. The lowest BCUT2D eigenvalue weighted by molar-refractivity contribution is -0.188. The molecule has 0 saturated heterocycles. The minimum absolute atomic E-state index is 0.0511. The van der Waals surface area contributed by atoms with Gasteiger partial charge in [0.2, 0.25) is 0 Å². The van der Waals surface area contributed by atoms with Gasteiger partial charge in [-0.05, 0) is 26.2 Å². The third kappa shape index (κ3) is 1.52. The summed E-state index contributed by atoms with van der Waals surface area (Å²) >= 11 is 0. The highest BCUT2D eigenvalue weighted by atomic mass is 19.3. The van der Waals surface area contributed by atoms with E-state index in [1.54, 1.807) is 0 Å². The Bertz CT molecular complexity index is 214. The fraction of sp³-hybridized carbons (Fsp3) is 0.875. The van der Waals surface area contributed by atoms with Crippen LogP contribution in [0.25, 0.3) is 0 Å². The Labute approximate surface area is 75.2 Å². The minimum Gasteiger partial charge on any atom is -0.462 e. The molecule has 0 spiro atoms. The van der Waals surface area contributed by atoms with E-state index in [1.807, 2.05) is 0 Å². The molecular formula is C8H13F2NO2. The van der Waals surface area contributed by atoms with Crippen molar-refractivity contribution < 1.29 is 18.3 Å². The molecule has 1 fully saturated rings. The molecule has 5 heteroatoms. The van der Waals surface area contributed by atoms with Gasteiger partial charge in [-0.15, -0.1) is 0 Å². The van der Waals surface area contributed by atoms with Crippen molar-refractivity contribution in [1.82, 2.24) is 0 Å². The third-order valence-electron chi connectivity index (χ3n) is 2.40. The van der Waals surface area contributed by atoms with E-state index in [1.165, 1.54) is 6.92 Å². The number of rotatable bonds is 3. The molecule has 0 aromatic heterocycles. The average Bonchev–Trinajstić information content (AvgIpc) is 2.00. The minimum atomic E-state index is -3.54. The predicted octanol–water partition coefficient (Wildman–Crippen LogP) is 1.07. The molecule has 1 aliphatic carbocycles. The van der Waals surface area contributed by atoms with Crippen LogP contribution in [0.15, 0.2) is 0 Å². The van der Waals surface area contributed by atoms with Crippen LogP contribution in [0.1, 0.15) is 26.2 Å². The van der Waals surface area contributed by atoms with Crippen LogP contribution >= 0.6 is 0 Å². The predicted molar refractivity (Wildman–Crippen MR) is 42.3 cm³/mol. The molecule has 0 heterocycles. The summed E-state index contributed by atoms with van der Waals surface area (Å²) in [6.45, 7) is 1.43. The zero-order valence-electron chi connectivity index (χ0n) is 7.48. The maximum atomic E-state index is 13.2. The fourth-order valence-corrected chi connectivity index (χ4v) is 1.30. The molecule has 2 N–H and O–H groups in total. The Balaban J connectivity index is 2.68. The van der Waals surface area contributed by atoms with Gasteiger partial charge in [0, 0.05) is 0 Å². The highest BCUT2D eigenvalue weighted by Crippen LogP contribution is 2.42. The highest BCUT2D eigenvalue weighted by molar-refractivity contribution is 5.79. The van der Waals surface area contributed by atoms with Gasteiger partial charge in [-0.25, -0.2) is 4.79 Å². The summed E-state index contributed by atoms with van der Waals surface area (Å²) in [5.41, 5.74) is 3.69. The van der Waals surface area contributed by atoms with E-state index in [0.717, 1.165) is 0 Å². The van der Waals surface area contributed by atoms with Crippen molar-refractivity contribution in [3.63, 3.8) is 0 Å². The van der Waals surface area contributed by atoms with E-state index in [2.05, 4.69) is 4.74 Å². The highest BCUT2D eigenvalue weighted by Gasteiger charge is 2.60. The summed E-state index contributed by atoms with van der Waals surface area (Å²) in [4.78, 5) is 10.9. The van der Waals surface area contributed by atoms with E-state index in [0.29, 0.717) is 6.42 Å². The summed E-state index contributed by atoms with van der Waals surface area (Å²) in [6, 6.07) is 0. The SMILES string of the molecule is CCOC(=O)C(F)(F)C1(N)CCC1. The van der Waals surface area contributed by atoms with Crippen LogP contribution < -0.4 is 5.73 Å². The lowest BCUT2D eigenvalue weighted by Crippen LogP contribution is -2.64. The molecule has 0 bridgehead atoms. The van der Waals surface area contributed by atoms with Gasteiger partial charge in [0.15, 0.2) is 0 Å². The molecular weight excluding hydrogens is 180 g/mol. The van der Waals surface area contributed by atoms with E-state index >= 15 is 0 Å². The quantitative estimate of drug-likeness (QED) is 0.682. The van der Waals surface area contributed by atoms with E-state index in [-0.39, 0.29) is 19.4 Å². The Kier molecular flexibility index (Phi) is 2.56. The Hall–Kier alpha value is -0.710. The molecule has 0 aromatic carbocycles. The first-order valence-electron chi connectivity index (χ1n) is 4.28. The molecule has 76 valence electrons. The standard InChI is InChI=1S/C8H13F2NO2/c1-2-13-6(12)8(9,10)7(11)4-3-5-7/h2-5,11H2,1H3. The fourth-order valence-electron chi connectivity index (χ4n) is 1.30.